The van der Waals surface area contributed by atoms with Crippen LogP contribution in [0.4, 0.5) is 5.69 Å². The summed E-state index contributed by atoms with van der Waals surface area (Å²) in [5.74, 6) is 0.131. The van der Waals surface area contributed by atoms with Gasteiger partial charge in [0.05, 0.1) is 11.3 Å². The molecule has 3 aromatic rings. The number of pyridine rings is 1. The van der Waals surface area contributed by atoms with E-state index in [2.05, 4.69) is 10.2 Å². The Morgan fingerprint density at radius 1 is 1.16 bits per heavy atom. The molecular formula is C17H16ClN5O2. The minimum Gasteiger partial charge on any atom is -0.506 e. The standard InChI is InChI=1S/C17H16ClN5O2/c18-12-3-4-15(24)14(10-12)21-6-8-22(9-7-21)17(25)13-2-1-5-23-11-19-20-16(13)23/h1-5,10-11,24H,6-9H2. The zero-order chi connectivity index (χ0) is 17.4. The van der Waals surface area contributed by atoms with Gasteiger partial charge in [0.25, 0.3) is 5.91 Å². The number of carbonyl (C=O) groups excluding carboxylic acids is 1. The van der Waals surface area contributed by atoms with Crippen LogP contribution in [0, 0.1) is 0 Å². The zero-order valence-electron chi connectivity index (χ0n) is 13.3. The molecule has 0 saturated carbocycles. The smallest absolute Gasteiger partial charge is 0.257 e. The fourth-order valence-corrected chi connectivity index (χ4v) is 3.25. The number of aromatic nitrogens is 3. The highest BCUT2D eigenvalue weighted by Gasteiger charge is 2.25. The van der Waals surface area contributed by atoms with Gasteiger partial charge in [-0.25, -0.2) is 0 Å². The van der Waals surface area contributed by atoms with Crippen LogP contribution in [0.5, 0.6) is 5.75 Å². The molecule has 7 nitrogen and oxygen atoms in total. The van der Waals surface area contributed by atoms with Gasteiger partial charge in [-0.3, -0.25) is 9.20 Å². The number of anilines is 1. The molecule has 1 aromatic carbocycles. The van der Waals surface area contributed by atoms with E-state index in [-0.39, 0.29) is 11.7 Å². The number of rotatable bonds is 2. The molecule has 0 unspecified atom stereocenters. The monoisotopic (exact) mass is 357 g/mol. The van der Waals surface area contributed by atoms with E-state index in [0.29, 0.717) is 48.1 Å². The highest BCUT2D eigenvalue weighted by atomic mass is 35.5. The first kappa shape index (κ1) is 15.7. The molecule has 1 aliphatic heterocycles. The van der Waals surface area contributed by atoms with Crippen LogP contribution in [0.1, 0.15) is 10.4 Å². The van der Waals surface area contributed by atoms with Crippen molar-refractivity contribution >= 4 is 28.8 Å². The summed E-state index contributed by atoms with van der Waals surface area (Å²) in [7, 11) is 0. The first-order chi connectivity index (χ1) is 12.1. The van der Waals surface area contributed by atoms with E-state index in [1.54, 1.807) is 39.9 Å². The summed E-state index contributed by atoms with van der Waals surface area (Å²) in [4.78, 5) is 16.7. The summed E-state index contributed by atoms with van der Waals surface area (Å²) < 4.78 is 1.73. The highest BCUT2D eigenvalue weighted by Crippen LogP contribution is 2.31. The molecule has 1 N–H and O–H groups in total. The molecule has 1 fully saturated rings. The average molecular weight is 358 g/mol. The van der Waals surface area contributed by atoms with Crippen LogP contribution in [0.15, 0.2) is 42.9 Å². The van der Waals surface area contributed by atoms with Crippen LogP contribution in [-0.4, -0.2) is 56.7 Å². The van der Waals surface area contributed by atoms with Crippen LogP contribution in [0.25, 0.3) is 5.65 Å². The Morgan fingerprint density at radius 3 is 2.76 bits per heavy atom. The van der Waals surface area contributed by atoms with E-state index in [4.69, 9.17) is 11.6 Å². The molecule has 0 aliphatic carbocycles. The lowest BCUT2D eigenvalue weighted by atomic mass is 10.2. The van der Waals surface area contributed by atoms with E-state index >= 15 is 0 Å². The highest BCUT2D eigenvalue weighted by molar-refractivity contribution is 6.30. The Kier molecular flexibility index (Phi) is 3.93. The third kappa shape index (κ3) is 2.87. The maximum absolute atomic E-state index is 12.8. The number of hydrogen-bond acceptors (Lipinski definition) is 5. The van der Waals surface area contributed by atoms with Crippen LogP contribution < -0.4 is 4.90 Å². The molecule has 0 atom stereocenters. The van der Waals surface area contributed by atoms with Gasteiger partial charge in [0.15, 0.2) is 5.65 Å². The number of phenols is 1. The van der Waals surface area contributed by atoms with Crippen molar-refractivity contribution in [2.45, 2.75) is 0 Å². The van der Waals surface area contributed by atoms with E-state index in [1.165, 1.54) is 0 Å². The minimum atomic E-state index is -0.0615. The number of nitrogens with zero attached hydrogens (tertiary/aromatic N) is 5. The van der Waals surface area contributed by atoms with Gasteiger partial charge < -0.3 is 14.9 Å². The quantitative estimate of drug-likeness (QED) is 0.759. The zero-order valence-corrected chi connectivity index (χ0v) is 14.1. The van der Waals surface area contributed by atoms with Crippen LogP contribution in [0.3, 0.4) is 0 Å². The van der Waals surface area contributed by atoms with Crippen LogP contribution in [-0.2, 0) is 0 Å². The number of halogens is 1. The van der Waals surface area contributed by atoms with Gasteiger partial charge in [-0.1, -0.05) is 11.6 Å². The number of fused-ring (bicyclic) bond motifs is 1. The van der Waals surface area contributed by atoms with E-state index in [1.807, 2.05) is 17.2 Å². The molecule has 1 saturated heterocycles. The molecule has 2 aromatic heterocycles. The second kappa shape index (κ2) is 6.25. The summed E-state index contributed by atoms with van der Waals surface area (Å²) in [6.45, 7) is 2.35. The Balaban J connectivity index is 1.51. The van der Waals surface area contributed by atoms with Crippen molar-refractivity contribution in [2.75, 3.05) is 31.1 Å². The summed E-state index contributed by atoms with van der Waals surface area (Å²) in [5.41, 5.74) is 1.79. The number of carbonyl (C=O) groups is 1. The van der Waals surface area contributed by atoms with E-state index in [0.717, 1.165) is 0 Å². The number of piperazine rings is 1. The molecule has 25 heavy (non-hydrogen) atoms. The summed E-state index contributed by atoms with van der Waals surface area (Å²) in [6, 6.07) is 8.55. The first-order valence-corrected chi connectivity index (χ1v) is 8.32. The lowest BCUT2D eigenvalue weighted by Gasteiger charge is -2.36. The molecule has 8 heteroatoms. The second-order valence-corrected chi connectivity index (χ2v) is 6.33. The topological polar surface area (TPSA) is 74.0 Å². The Hall–Kier alpha value is -2.80. The van der Waals surface area contributed by atoms with Gasteiger partial charge in [0.2, 0.25) is 0 Å². The maximum Gasteiger partial charge on any atom is 0.257 e. The molecule has 0 spiro atoms. The normalized spacial score (nSPS) is 14.9. The molecule has 3 heterocycles. The third-order valence-electron chi connectivity index (χ3n) is 4.40. The number of aromatic hydroxyl groups is 1. The molecule has 4 rings (SSSR count). The third-order valence-corrected chi connectivity index (χ3v) is 4.63. The number of phenolic OH excluding ortho intramolecular Hbond substituents is 1. The van der Waals surface area contributed by atoms with Crippen molar-refractivity contribution in [1.82, 2.24) is 19.5 Å². The molecule has 1 amide bonds. The molecular weight excluding hydrogens is 342 g/mol. The number of benzene rings is 1. The van der Waals surface area contributed by atoms with Gasteiger partial charge in [0, 0.05) is 37.4 Å². The van der Waals surface area contributed by atoms with Crippen molar-refractivity contribution in [1.29, 1.82) is 0 Å². The predicted molar refractivity (Wildman–Crippen MR) is 94.2 cm³/mol. The molecule has 1 aliphatic rings. The van der Waals surface area contributed by atoms with Gasteiger partial charge in [-0.05, 0) is 30.3 Å². The van der Waals surface area contributed by atoms with Crippen molar-refractivity contribution in [2.24, 2.45) is 0 Å². The Morgan fingerprint density at radius 2 is 1.96 bits per heavy atom. The summed E-state index contributed by atoms with van der Waals surface area (Å²) >= 11 is 6.02. The lowest BCUT2D eigenvalue weighted by Crippen LogP contribution is -2.48. The maximum atomic E-state index is 12.8. The van der Waals surface area contributed by atoms with Gasteiger partial charge in [0.1, 0.15) is 12.1 Å². The first-order valence-electron chi connectivity index (χ1n) is 7.94. The van der Waals surface area contributed by atoms with Gasteiger partial charge >= 0.3 is 0 Å². The van der Waals surface area contributed by atoms with E-state index < -0.39 is 0 Å². The van der Waals surface area contributed by atoms with Crippen LogP contribution >= 0.6 is 11.6 Å². The Bertz CT molecular complexity index is 934. The van der Waals surface area contributed by atoms with Gasteiger partial charge in [-0.15, -0.1) is 10.2 Å². The SMILES string of the molecule is O=C(c1cccn2cnnc12)N1CCN(c2cc(Cl)ccc2O)CC1. The van der Waals surface area contributed by atoms with Crippen molar-refractivity contribution < 1.29 is 9.90 Å². The fourth-order valence-electron chi connectivity index (χ4n) is 3.09. The summed E-state index contributed by atoms with van der Waals surface area (Å²) in [5, 5.41) is 18.5. The average Bonchev–Trinajstić information content (AvgIpc) is 3.12. The fraction of sp³-hybridized carbons (Fsp3) is 0.235. The predicted octanol–water partition coefficient (Wildman–Crippen LogP) is 2.05. The number of amides is 1. The van der Waals surface area contributed by atoms with Gasteiger partial charge in [-0.2, -0.15) is 0 Å². The van der Waals surface area contributed by atoms with Crippen LogP contribution in [0.2, 0.25) is 5.02 Å². The summed E-state index contributed by atoms with van der Waals surface area (Å²) in [6.07, 6.45) is 3.39. The Labute approximate surface area is 149 Å². The largest absolute Gasteiger partial charge is 0.506 e. The second-order valence-electron chi connectivity index (χ2n) is 5.90. The van der Waals surface area contributed by atoms with E-state index in [9.17, 15) is 9.90 Å². The molecule has 128 valence electrons. The minimum absolute atomic E-state index is 0.0615. The molecule has 0 radical (unpaired) electrons. The van der Waals surface area contributed by atoms with Crippen molar-refractivity contribution in [3.8, 4) is 5.75 Å². The number of hydrogen-bond donors (Lipinski definition) is 1. The van der Waals surface area contributed by atoms with Crippen molar-refractivity contribution in [3.63, 3.8) is 0 Å². The van der Waals surface area contributed by atoms with Crippen molar-refractivity contribution in [3.05, 3.63) is 53.4 Å². The lowest BCUT2D eigenvalue weighted by molar-refractivity contribution is 0.0748. The molecule has 0 bridgehead atoms.